The highest BCUT2D eigenvalue weighted by Crippen LogP contribution is 2.29. The fraction of sp³-hybridized carbons (Fsp3) is 0.700. The number of nitrogens with two attached hydrogens (primary N) is 1. The van der Waals surface area contributed by atoms with Crippen molar-refractivity contribution in [2.45, 2.75) is 38.5 Å². The molecule has 0 saturated carbocycles. The Morgan fingerprint density at radius 2 is 2.60 bits per heavy atom. The number of aromatic nitrogens is 2. The normalized spacial score (nSPS) is 23.3. The van der Waals surface area contributed by atoms with Gasteiger partial charge in [0.2, 0.25) is 0 Å². The second kappa shape index (κ2) is 4.63. The number of hydrogen-bond acceptors (Lipinski definition) is 3. The summed E-state index contributed by atoms with van der Waals surface area (Å²) in [5.74, 6) is 0. The zero-order valence-electron chi connectivity index (χ0n) is 8.82. The van der Waals surface area contributed by atoms with Crippen molar-refractivity contribution < 1.29 is 4.74 Å². The van der Waals surface area contributed by atoms with Gasteiger partial charge in [0.15, 0.2) is 0 Å². The van der Waals surface area contributed by atoms with Crippen LogP contribution >= 0.6 is 15.9 Å². The molecule has 0 amide bonds. The molecule has 1 aromatic rings. The minimum atomic E-state index is -0.0793. The van der Waals surface area contributed by atoms with Crippen molar-refractivity contribution in [3.05, 3.63) is 16.4 Å². The van der Waals surface area contributed by atoms with Gasteiger partial charge in [0.25, 0.3) is 0 Å². The van der Waals surface area contributed by atoms with Crippen LogP contribution in [0.25, 0.3) is 0 Å². The Morgan fingerprint density at radius 1 is 1.80 bits per heavy atom. The van der Waals surface area contributed by atoms with Crippen molar-refractivity contribution in [2.75, 3.05) is 6.61 Å². The summed E-state index contributed by atoms with van der Waals surface area (Å²) in [4.78, 5) is 0. The molecular weight excluding hydrogens is 258 g/mol. The predicted molar refractivity (Wildman–Crippen MR) is 61.5 cm³/mol. The number of halogens is 1. The largest absolute Gasteiger partial charge is 0.376 e. The Labute approximate surface area is 97.9 Å². The lowest BCUT2D eigenvalue weighted by Gasteiger charge is -2.20. The van der Waals surface area contributed by atoms with Crippen molar-refractivity contribution in [3.63, 3.8) is 0 Å². The van der Waals surface area contributed by atoms with Gasteiger partial charge in [0, 0.05) is 13.2 Å². The highest BCUT2D eigenvalue weighted by atomic mass is 79.9. The molecule has 1 aromatic heterocycles. The lowest BCUT2D eigenvalue weighted by molar-refractivity contribution is 0.0874. The van der Waals surface area contributed by atoms with Gasteiger partial charge in [0.05, 0.1) is 28.5 Å². The van der Waals surface area contributed by atoms with Crippen molar-refractivity contribution in [3.8, 4) is 0 Å². The summed E-state index contributed by atoms with van der Waals surface area (Å²) < 4.78 is 8.51. The third-order valence-corrected chi connectivity index (χ3v) is 3.42. The standard InChI is InChI=1S/C10H16BrN3O/c1-2-14-10(7(11)6-13-14)9(12)8-4-3-5-15-8/h6,8-9H,2-5,12H2,1H3. The molecule has 2 N–H and O–H groups in total. The molecule has 1 saturated heterocycles. The van der Waals surface area contributed by atoms with E-state index in [2.05, 4.69) is 28.0 Å². The van der Waals surface area contributed by atoms with Gasteiger partial charge in [-0.15, -0.1) is 0 Å². The van der Waals surface area contributed by atoms with Crippen LogP contribution in [-0.2, 0) is 11.3 Å². The topological polar surface area (TPSA) is 53.1 Å². The molecule has 2 atom stereocenters. The van der Waals surface area contributed by atoms with Gasteiger partial charge < -0.3 is 10.5 Å². The van der Waals surface area contributed by atoms with Crippen LogP contribution in [0.3, 0.4) is 0 Å². The van der Waals surface area contributed by atoms with E-state index in [0.29, 0.717) is 0 Å². The molecule has 1 fully saturated rings. The van der Waals surface area contributed by atoms with E-state index in [1.54, 1.807) is 6.20 Å². The second-order valence-corrected chi connectivity index (χ2v) is 4.63. The first-order valence-corrected chi connectivity index (χ1v) is 6.11. The van der Waals surface area contributed by atoms with Crippen molar-refractivity contribution >= 4 is 15.9 Å². The minimum absolute atomic E-state index is 0.0793. The minimum Gasteiger partial charge on any atom is -0.376 e. The third kappa shape index (κ3) is 2.09. The molecule has 2 rings (SSSR count). The first kappa shape index (κ1) is 11.1. The van der Waals surface area contributed by atoms with Gasteiger partial charge in [-0.25, -0.2) is 0 Å². The van der Waals surface area contributed by atoms with E-state index in [0.717, 1.165) is 36.2 Å². The van der Waals surface area contributed by atoms with E-state index in [1.165, 1.54) is 0 Å². The Kier molecular flexibility index (Phi) is 3.43. The summed E-state index contributed by atoms with van der Waals surface area (Å²) in [5.41, 5.74) is 7.25. The first-order chi connectivity index (χ1) is 7.24. The lowest BCUT2D eigenvalue weighted by Crippen LogP contribution is -2.28. The maximum Gasteiger partial charge on any atom is 0.0784 e. The smallest absolute Gasteiger partial charge is 0.0784 e. The van der Waals surface area contributed by atoms with Gasteiger partial charge in [-0.05, 0) is 35.7 Å². The van der Waals surface area contributed by atoms with E-state index in [9.17, 15) is 0 Å². The van der Waals surface area contributed by atoms with Gasteiger partial charge in [-0.1, -0.05) is 0 Å². The summed E-state index contributed by atoms with van der Waals surface area (Å²) in [5, 5.41) is 4.26. The SMILES string of the molecule is CCn1ncc(Br)c1C(N)C1CCCO1. The third-order valence-electron chi connectivity index (χ3n) is 2.81. The Balaban J connectivity index is 2.22. The average molecular weight is 274 g/mol. The Morgan fingerprint density at radius 3 is 3.20 bits per heavy atom. The maximum absolute atomic E-state index is 6.21. The van der Waals surface area contributed by atoms with Gasteiger partial charge in [-0.3, -0.25) is 4.68 Å². The molecule has 1 aliphatic rings. The average Bonchev–Trinajstić information content (AvgIpc) is 2.85. The molecule has 0 aliphatic carbocycles. The molecule has 84 valence electrons. The maximum atomic E-state index is 6.21. The summed E-state index contributed by atoms with van der Waals surface area (Å²) in [6, 6.07) is -0.0793. The highest BCUT2D eigenvalue weighted by molar-refractivity contribution is 9.10. The molecule has 0 bridgehead atoms. The zero-order chi connectivity index (χ0) is 10.8. The molecule has 0 aromatic carbocycles. The fourth-order valence-corrected chi connectivity index (χ4v) is 2.58. The van der Waals surface area contributed by atoms with Gasteiger partial charge in [0.1, 0.15) is 0 Å². The van der Waals surface area contributed by atoms with Crippen LogP contribution in [0, 0.1) is 0 Å². The molecule has 2 heterocycles. The summed E-state index contributed by atoms with van der Waals surface area (Å²) >= 11 is 3.49. The molecule has 2 unspecified atom stereocenters. The Bertz CT molecular complexity index is 333. The number of rotatable bonds is 3. The Hall–Kier alpha value is -0.390. The number of aryl methyl sites for hydroxylation is 1. The highest BCUT2D eigenvalue weighted by Gasteiger charge is 2.28. The molecular formula is C10H16BrN3O. The van der Waals surface area contributed by atoms with Crippen molar-refractivity contribution in [1.29, 1.82) is 0 Å². The van der Waals surface area contributed by atoms with Crippen LogP contribution in [0.1, 0.15) is 31.5 Å². The summed E-state index contributed by atoms with van der Waals surface area (Å²) in [6.45, 7) is 3.72. The first-order valence-electron chi connectivity index (χ1n) is 5.32. The van der Waals surface area contributed by atoms with Crippen LogP contribution < -0.4 is 5.73 Å². The van der Waals surface area contributed by atoms with E-state index in [1.807, 2.05) is 4.68 Å². The molecule has 0 spiro atoms. The summed E-state index contributed by atoms with van der Waals surface area (Å²) in [7, 11) is 0. The molecule has 4 nitrogen and oxygen atoms in total. The monoisotopic (exact) mass is 273 g/mol. The van der Waals surface area contributed by atoms with Crippen LogP contribution in [0.15, 0.2) is 10.7 Å². The van der Waals surface area contributed by atoms with Crippen molar-refractivity contribution in [1.82, 2.24) is 9.78 Å². The lowest BCUT2D eigenvalue weighted by atomic mass is 10.1. The number of hydrogen-bond donors (Lipinski definition) is 1. The fourth-order valence-electron chi connectivity index (χ4n) is 2.02. The van der Waals surface area contributed by atoms with E-state index < -0.39 is 0 Å². The molecule has 0 radical (unpaired) electrons. The van der Waals surface area contributed by atoms with Crippen LogP contribution in [-0.4, -0.2) is 22.5 Å². The zero-order valence-corrected chi connectivity index (χ0v) is 10.4. The molecule has 1 aliphatic heterocycles. The molecule has 15 heavy (non-hydrogen) atoms. The predicted octanol–water partition coefficient (Wildman–Crippen LogP) is 1.84. The molecule has 5 heteroatoms. The number of ether oxygens (including phenoxy) is 1. The van der Waals surface area contributed by atoms with Gasteiger partial charge in [-0.2, -0.15) is 5.10 Å². The van der Waals surface area contributed by atoms with Crippen molar-refractivity contribution in [2.24, 2.45) is 5.73 Å². The van der Waals surface area contributed by atoms with E-state index >= 15 is 0 Å². The van der Waals surface area contributed by atoms with Gasteiger partial charge >= 0.3 is 0 Å². The second-order valence-electron chi connectivity index (χ2n) is 3.77. The van der Waals surface area contributed by atoms with Crippen LogP contribution in [0.4, 0.5) is 0 Å². The van der Waals surface area contributed by atoms with E-state index in [4.69, 9.17) is 10.5 Å². The van der Waals surface area contributed by atoms with Crippen LogP contribution in [0.2, 0.25) is 0 Å². The summed E-state index contributed by atoms with van der Waals surface area (Å²) in [6.07, 6.45) is 4.09. The van der Waals surface area contributed by atoms with Crippen LogP contribution in [0.5, 0.6) is 0 Å². The quantitative estimate of drug-likeness (QED) is 0.915. The van der Waals surface area contributed by atoms with E-state index in [-0.39, 0.29) is 12.1 Å². The number of nitrogens with zero attached hydrogens (tertiary/aromatic N) is 2.